The van der Waals surface area contributed by atoms with Crippen LogP contribution in [0.3, 0.4) is 0 Å². The molecule has 0 atom stereocenters. The van der Waals surface area contributed by atoms with Gasteiger partial charge in [-0.15, -0.1) is 11.3 Å². The number of thiophene rings is 1. The Bertz CT molecular complexity index is 2650. The van der Waals surface area contributed by atoms with Gasteiger partial charge in [-0.2, -0.15) is 0 Å². The Morgan fingerprint density at radius 3 is 2.20 bits per heavy atom. The minimum absolute atomic E-state index is 0.00859. The van der Waals surface area contributed by atoms with Gasteiger partial charge in [0.25, 0.3) is 0 Å². The molecule has 5 aromatic carbocycles. The largest absolute Gasteiger partial charge is 0.457 e. The summed E-state index contributed by atoms with van der Waals surface area (Å²) >= 11 is 1.87. The van der Waals surface area contributed by atoms with Gasteiger partial charge < -0.3 is 14.5 Å². The van der Waals surface area contributed by atoms with E-state index >= 15 is 0 Å². The molecule has 6 heteroatoms. The van der Waals surface area contributed by atoms with Gasteiger partial charge in [0.15, 0.2) is 0 Å². The van der Waals surface area contributed by atoms with Crippen LogP contribution in [0.2, 0.25) is 0 Å². The van der Waals surface area contributed by atoms with E-state index in [1.807, 2.05) is 17.5 Å². The molecule has 0 unspecified atom stereocenters. The van der Waals surface area contributed by atoms with Crippen molar-refractivity contribution in [2.75, 3.05) is 23.5 Å². The van der Waals surface area contributed by atoms with Crippen molar-refractivity contribution >= 4 is 70.4 Å². The third-order valence-corrected chi connectivity index (χ3v) is 11.4. The second-order valence-corrected chi connectivity index (χ2v) is 17.0. The fourth-order valence-corrected chi connectivity index (χ4v) is 8.72. The van der Waals surface area contributed by atoms with Crippen molar-refractivity contribution < 1.29 is 4.74 Å². The fourth-order valence-electron chi connectivity index (χ4n) is 7.61. The Hall–Kier alpha value is -5.33. The molecule has 1 aliphatic rings. The highest BCUT2D eigenvalue weighted by Crippen LogP contribution is 2.50. The predicted octanol–water partition coefficient (Wildman–Crippen LogP) is 12.5. The van der Waals surface area contributed by atoms with Crippen molar-refractivity contribution in [3.63, 3.8) is 0 Å². The van der Waals surface area contributed by atoms with Crippen molar-refractivity contribution in [2.45, 2.75) is 52.4 Å². The quantitative estimate of drug-likeness (QED) is 0.185. The molecule has 1 aliphatic heterocycles. The zero-order valence-corrected chi connectivity index (χ0v) is 31.1. The molecule has 8 aromatic rings. The van der Waals surface area contributed by atoms with Gasteiger partial charge in [0.05, 0.1) is 29.1 Å². The lowest BCUT2D eigenvalue weighted by Crippen LogP contribution is -2.24. The molecule has 0 amide bonds. The van der Waals surface area contributed by atoms with E-state index in [1.165, 1.54) is 53.4 Å². The Balaban J connectivity index is 1.16. The van der Waals surface area contributed by atoms with E-state index < -0.39 is 0 Å². The normalized spacial score (nSPS) is 13.6. The monoisotopic (exact) mass is 686 g/mol. The number of fused-ring (bicyclic) bond motifs is 8. The summed E-state index contributed by atoms with van der Waals surface area (Å²) in [6.45, 7) is 14.3. The number of rotatable bonds is 4. The summed E-state index contributed by atoms with van der Waals surface area (Å²) in [6.07, 6.45) is 1.93. The molecule has 0 bridgehead atoms. The van der Waals surface area contributed by atoms with Crippen LogP contribution in [-0.2, 0) is 10.8 Å². The first-order valence-corrected chi connectivity index (χ1v) is 18.5. The molecule has 3 aromatic heterocycles. The second-order valence-electron chi connectivity index (χ2n) is 15.9. The zero-order chi connectivity index (χ0) is 35.2. The molecule has 0 spiro atoms. The van der Waals surface area contributed by atoms with E-state index in [4.69, 9.17) is 9.72 Å². The van der Waals surface area contributed by atoms with Gasteiger partial charge in [-0.25, -0.2) is 4.98 Å². The lowest BCUT2D eigenvalue weighted by Gasteiger charge is -2.25. The van der Waals surface area contributed by atoms with Crippen molar-refractivity contribution in [3.05, 3.63) is 127 Å². The Morgan fingerprint density at radius 1 is 0.647 bits per heavy atom. The topological polar surface area (TPSA) is 33.5 Å². The fraction of sp³-hybridized carbons (Fsp3) is 0.222. The summed E-state index contributed by atoms with van der Waals surface area (Å²) < 4.78 is 11.8. The van der Waals surface area contributed by atoms with Gasteiger partial charge in [-0.1, -0.05) is 77.9 Å². The van der Waals surface area contributed by atoms with Crippen LogP contribution in [0.5, 0.6) is 11.5 Å². The van der Waals surface area contributed by atoms with Crippen LogP contribution in [0.15, 0.2) is 115 Å². The van der Waals surface area contributed by atoms with E-state index in [-0.39, 0.29) is 10.8 Å². The van der Waals surface area contributed by atoms with Crippen molar-refractivity contribution in [3.8, 4) is 17.3 Å². The smallest absolute Gasteiger partial charge is 0.137 e. The Kier molecular flexibility index (Phi) is 7.04. The maximum Gasteiger partial charge on any atom is 0.137 e. The lowest BCUT2D eigenvalue weighted by atomic mass is 9.86. The van der Waals surface area contributed by atoms with Gasteiger partial charge >= 0.3 is 0 Å². The van der Waals surface area contributed by atoms with Crippen LogP contribution >= 0.6 is 11.3 Å². The number of benzene rings is 5. The van der Waals surface area contributed by atoms with E-state index in [9.17, 15) is 0 Å². The van der Waals surface area contributed by atoms with Crippen LogP contribution in [0.4, 0.5) is 17.1 Å². The van der Waals surface area contributed by atoms with E-state index in [2.05, 4.69) is 172 Å². The number of nitrogens with zero attached hydrogens (tertiary/aromatic N) is 4. The summed E-state index contributed by atoms with van der Waals surface area (Å²) in [7, 11) is 2.20. The number of hydrogen-bond donors (Lipinski definition) is 0. The number of hydrogen-bond acceptors (Lipinski definition) is 5. The maximum atomic E-state index is 6.85. The molecule has 0 N–H and O–H groups in total. The highest BCUT2D eigenvalue weighted by molar-refractivity contribution is 7.26. The highest BCUT2D eigenvalue weighted by atomic mass is 32.1. The standard InChI is InChI=1S/C45H42N4OS/c1-44(2,3)28-20-21-46-41(24-28)49-36-14-10-8-12-33(36)34-17-16-31(26-38(34)49)50-32-23-29(45(4,5)6)22-30(25-32)48-27-47(7)43-37(48)18-19-40-42(43)35-13-9-11-15-39(35)51-40/h8-26H,27H2,1-7H3. The van der Waals surface area contributed by atoms with E-state index in [1.54, 1.807) is 0 Å². The van der Waals surface area contributed by atoms with Gasteiger partial charge in [-0.3, -0.25) is 4.57 Å². The molecule has 0 saturated carbocycles. The third-order valence-electron chi connectivity index (χ3n) is 10.3. The summed E-state index contributed by atoms with van der Waals surface area (Å²) in [5, 5.41) is 5.04. The van der Waals surface area contributed by atoms with Crippen LogP contribution in [-0.4, -0.2) is 23.3 Å². The molecular weight excluding hydrogens is 645 g/mol. The number of anilines is 3. The van der Waals surface area contributed by atoms with Crippen molar-refractivity contribution in [1.29, 1.82) is 0 Å². The molecule has 0 radical (unpaired) electrons. The molecule has 0 fully saturated rings. The van der Waals surface area contributed by atoms with Gasteiger partial charge in [0.1, 0.15) is 17.3 Å². The lowest BCUT2D eigenvalue weighted by molar-refractivity contribution is 0.479. The van der Waals surface area contributed by atoms with Crippen LogP contribution in [0, 0.1) is 0 Å². The van der Waals surface area contributed by atoms with E-state index in [0.29, 0.717) is 0 Å². The summed E-state index contributed by atoms with van der Waals surface area (Å²) in [6, 6.07) is 39.4. The summed E-state index contributed by atoms with van der Waals surface area (Å²) in [5.74, 6) is 2.53. The number of aromatic nitrogens is 2. The number of ether oxygens (including phenoxy) is 1. The van der Waals surface area contributed by atoms with Crippen molar-refractivity contribution in [2.24, 2.45) is 0 Å². The first-order chi connectivity index (χ1) is 24.4. The summed E-state index contributed by atoms with van der Waals surface area (Å²) in [5.41, 5.74) is 8.25. The van der Waals surface area contributed by atoms with Crippen molar-refractivity contribution in [1.82, 2.24) is 9.55 Å². The van der Waals surface area contributed by atoms with Gasteiger partial charge in [0.2, 0.25) is 0 Å². The van der Waals surface area contributed by atoms with Gasteiger partial charge in [-0.05, 0) is 82.6 Å². The average Bonchev–Trinajstić information content (AvgIpc) is 3.76. The molecule has 4 heterocycles. The Labute approximate surface area is 303 Å². The minimum atomic E-state index is -0.0732. The molecule has 51 heavy (non-hydrogen) atoms. The Morgan fingerprint density at radius 2 is 1.39 bits per heavy atom. The van der Waals surface area contributed by atoms with Crippen LogP contribution in [0.1, 0.15) is 52.7 Å². The second kappa shape index (κ2) is 11.3. The first kappa shape index (κ1) is 31.6. The van der Waals surface area contributed by atoms with E-state index in [0.717, 1.165) is 40.7 Å². The molecule has 5 nitrogen and oxygen atoms in total. The van der Waals surface area contributed by atoms with Crippen LogP contribution in [0.25, 0.3) is 47.8 Å². The zero-order valence-electron chi connectivity index (χ0n) is 30.3. The predicted molar refractivity (Wildman–Crippen MR) is 217 cm³/mol. The molecule has 254 valence electrons. The van der Waals surface area contributed by atoms with Crippen LogP contribution < -0.4 is 14.5 Å². The van der Waals surface area contributed by atoms with Gasteiger partial charge in [0, 0.05) is 62.0 Å². The maximum absolute atomic E-state index is 6.85. The number of pyridine rings is 1. The molecular formula is C45H42N4OS. The minimum Gasteiger partial charge on any atom is -0.457 e. The molecule has 0 saturated heterocycles. The average molecular weight is 687 g/mol. The summed E-state index contributed by atoms with van der Waals surface area (Å²) in [4.78, 5) is 9.69. The SMILES string of the molecule is CN1CN(c2cc(Oc3ccc4c5ccccc5n(-c5cc(C(C)(C)C)ccn5)c4c3)cc(C(C)(C)C)c2)c2ccc3sc4ccccc4c3c21. The third kappa shape index (κ3) is 5.23. The molecule has 0 aliphatic carbocycles. The molecule has 9 rings (SSSR count). The first-order valence-electron chi connectivity index (χ1n) is 17.7. The number of para-hydroxylation sites is 1. The highest BCUT2D eigenvalue weighted by Gasteiger charge is 2.30.